The highest BCUT2D eigenvalue weighted by Gasteiger charge is 2.05. The van der Waals surface area contributed by atoms with Gasteiger partial charge < -0.3 is 10.5 Å². The molecule has 0 spiro atoms. The lowest BCUT2D eigenvalue weighted by Crippen LogP contribution is -1.98. The number of nitrogens with zero attached hydrogens (tertiary/aromatic N) is 1. The van der Waals surface area contributed by atoms with Gasteiger partial charge in [-0.1, -0.05) is 12.1 Å². The summed E-state index contributed by atoms with van der Waals surface area (Å²) in [7, 11) is 0. The number of hydrogen-bond donors (Lipinski definition) is 1. The van der Waals surface area contributed by atoms with Gasteiger partial charge >= 0.3 is 0 Å². The van der Waals surface area contributed by atoms with Crippen molar-refractivity contribution in [3.8, 4) is 11.8 Å². The molecule has 0 radical (unpaired) electrons. The molecule has 4 heteroatoms. The third-order valence-electron chi connectivity index (χ3n) is 2.44. The van der Waals surface area contributed by atoms with E-state index >= 15 is 0 Å². The highest BCUT2D eigenvalue weighted by Crippen LogP contribution is 2.20. The first-order chi connectivity index (χ1) is 8.69. The van der Waals surface area contributed by atoms with E-state index in [9.17, 15) is 4.39 Å². The molecule has 2 aromatic rings. The Bertz CT molecular complexity index is 588. The van der Waals surface area contributed by atoms with Crippen LogP contribution in [0.1, 0.15) is 11.1 Å². The van der Waals surface area contributed by atoms with Gasteiger partial charge in [0.1, 0.15) is 24.2 Å². The first-order valence-electron chi connectivity index (χ1n) is 5.36. The van der Waals surface area contributed by atoms with Gasteiger partial charge in [0.15, 0.2) is 0 Å². The van der Waals surface area contributed by atoms with Gasteiger partial charge in [-0.3, -0.25) is 0 Å². The summed E-state index contributed by atoms with van der Waals surface area (Å²) < 4.78 is 18.4. The molecule has 18 heavy (non-hydrogen) atoms. The molecule has 0 amide bonds. The van der Waals surface area contributed by atoms with Crippen molar-refractivity contribution in [1.82, 2.24) is 0 Å². The fourth-order valence-corrected chi connectivity index (χ4v) is 1.49. The molecule has 90 valence electrons. The second-order valence-corrected chi connectivity index (χ2v) is 3.78. The van der Waals surface area contributed by atoms with Crippen LogP contribution in [0.3, 0.4) is 0 Å². The number of hydrogen-bond acceptors (Lipinski definition) is 3. The summed E-state index contributed by atoms with van der Waals surface area (Å²) >= 11 is 0. The topological polar surface area (TPSA) is 59.0 Å². The van der Waals surface area contributed by atoms with Gasteiger partial charge in [0.2, 0.25) is 0 Å². The highest BCUT2D eigenvalue weighted by molar-refractivity contribution is 5.43. The Labute approximate surface area is 104 Å². The first kappa shape index (κ1) is 11.9. The van der Waals surface area contributed by atoms with Crippen molar-refractivity contribution < 1.29 is 9.13 Å². The van der Waals surface area contributed by atoms with E-state index in [1.165, 1.54) is 12.1 Å². The van der Waals surface area contributed by atoms with Crippen molar-refractivity contribution in [2.45, 2.75) is 6.61 Å². The zero-order valence-electron chi connectivity index (χ0n) is 9.56. The summed E-state index contributed by atoms with van der Waals surface area (Å²) in [6, 6.07) is 13.0. The second-order valence-electron chi connectivity index (χ2n) is 3.78. The van der Waals surface area contributed by atoms with Gasteiger partial charge in [-0.05, 0) is 35.9 Å². The summed E-state index contributed by atoms with van der Waals surface area (Å²) in [5, 5.41) is 8.86. The molecule has 0 atom stereocenters. The van der Waals surface area contributed by atoms with E-state index in [1.807, 2.05) is 18.2 Å². The lowest BCUT2D eigenvalue weighted by atomic mass is 10.2. The zero-order chi connectivity index (χ0) is 13.0. The maximum Gasteiger partial charge on any atom is 0.137 e. The molecular weight excluding hydrogens is 231 g/mol. The third kappa shape index (κ3) is 2.77. The monoisotopic (exact) mass is 242 g/mol. The molecule has 0 aliphatic rings. The van der Waals surface area contributed by atoms with E-state index in [4.69, 9.17) is 15.7 Å². The van der Waals surface area contributed by atoms with E-state index in [-0.39, 0.29) is 5.56 Å². The molecule has 2 N–H and O–H groups in total. The summed E-state index contributed by atoms with van der Waals surface area (Å²) in [6.45, 7) is 0.306. The van der Waals surface area contributed by atoms with E-state index in [0.29, 0.717) is 18.0 Å². The molecule has 0 bridgehead atoms. The Morgan fingerprint density at radius 3 is 2.56 bits per heavy atom. The number of ether oxygens (including phenoxy) is 1. The van der Waals surface area contributed by atoms with Gasteiger partial charge in [-0.15, -0.1) is 0 Å². The Morgan fingerprint density at radius 1 is 1.17 bits per heavy atom. The number of benzene rings is 2. The predicted octanol–water partition coefficient (Wildman–Crippen LogP) is 2.86. The largest absolute Gasteiger partial charge is 0.488 e. The van der Waals surface area contributed by atoms with E-state index in [1.54, 1.807) is 12.1 Å². The van der Waals surface area contributed by atoms with Crippen molar-refractivity contribution in [3.63, 3.8) is 0 Å². The van der Waals surface area contributed by atoms with Crippen LogP contribution in [-0.4, -0.2) is 0 Å². The van der Waals surface area contributed by atoms with Crippen LogP contribution in [0.15, 0.2) is 42.5 Å². The van der Waals surface area contributed by atoms with Gasteiger partial charge in [-0.2, -0.15) is 5.26 Å². The molecule has 0 saturated heterocycles. The van der Waals surface area contributed by atoms with Crippen LogP contribution < -0.4 is 10.5 Å². The van der Waals surface area contributed by atoms with Crippen LogP contribution in [0, 0.1) is 17.1 Å². The molecular formula is C14H11FN2O. The minimum absolute atomic E-state index is 0.186. The van der Waals surface area contributed by atoms with E-state index in [0.717, 1.165) is 11.6 Å². The smallest absolute Gasteiger partial charge is 0.137 e. The second kappa shape index (κ2) is 5.19. The SMILES string of the molecule is N#Cc1cc(F)ccc1OCc1ccc(N)cc1. The molecule has 0 aliphatic carbocycles. The van der Waals surface area contributed by atoms with Gasteiger partial charge in [0.05, 0.1) is 5.56 Å². The van der Waals surface area contributed by atoms with Crippen LogP contribution in [0.2, 0.25) is 0 Å². The lowest BCUT2D eigenvalue weighted by molar-refractivity contribution is 0.305. The van der Waals surface area contributed by atoms with Gasteiger partial charge in [0.25, 0.3) is 0 Å². The predicted molar refractivity (Wildman–Crippen MR) is 66.3 cm³/mol. The number of anilines is 1. The molecule has 0 heterocycles. The number of nitrogen functional groups attached to an aromatic ring is 1. The fourth-order valence-electron chi connectivity index (χ4n) is 1.49. The van der Waals surface area contributed by atoms with Gasteiger partial charge in [0, 0.05) is 5.69 Å². The van der Waals surface area contributed by atoms with Crippen molar-refractivity contribution in [2.24, 2.45) is 0 Å². The zero-order valence-corrected chi connectivity index (χ0v) is 9.56. The van der Waals surface area contributed by atoms with Gasteiger partial charge in [-0.25, -0.2) is 4.39 Å². The van der Waals surface area contributed by atoms with Crippen LogP contribution in [0.4, 0.5) is 10.1 Å². The molecule has 0 saturated carbocycles. The molecule has 2 rings (SSSR count). The Kier molecular flexibility index (Phi) is 3.44. The van der Waals surface area contributed by atoms with Crippen LogP contribution >= 0.6 is 0 Å². The molecule has 3 nitrogen and oxygen atoms in total. The van der Waals surface area contributed by atoms with Crippen molar-refractivity contribution in [3.05, 3.63) is 59.4 Å². The third-order valence-corrected chi connectivity index (χ3v) is 2.44. The molecule has 0 aliphatic heterocycles. The Morgan fingerprint density at radius 2 is 1.89 bits per heavy atom. The quantitative estimate of drug-likeness (QED) is 0.842. The molecule has 2 aromatic carbocycles. The first-order valence-corrected chi connectivity index (χ1v) is 5.36. The standard InChI is InChI=1S/C14H11FN2O/c15-12-3-6-14(11(7-12)8-16)18-9-10-1-4-13(17)5-2-10/h1-7H,9,17H2. The minimum Gasteiger partial charge on any atom is -0.488 e. The van der Waals surface area contributed by atoms with E-state index in [2.05, 4.69) is 0 Å². The highest BCUT2D eigenvalue weighted by atomic mass is 19.1. The number of rotatable bonds is 3. The maximum absolute atomic E-state index is 12.9. The van der Waals surface area contributed by atoms with Crippen LogP contribution in [0.25, 0.3) is 0 Å². The molecule has 0 unspecified atom stereocenters. The fraction of sp³-hybridized carbons (Fsp3) is 0.0714. The number of halogens is 1. The summed E-state index contributed by atoms with van der Waals surface area (Å²) in [5.41, 5.74) is 7.36. The van der Waals surface area contributed by atoms with E-state index < -0.39 is 5.82 Å². The number of nitriles is 1. The average Bonchev–Trinajstić information content (AvgIpc) is 2.39. The summed E-state index contributed by atoms with van der Waals surface area (Å²) in [6.07, 6.45) is 0. The van der Waals surface area contributed by atoms with Crippen molar-refractivity contribution >= 4 is 5.69 Å². The Hall–Kier alpha value is -2.54. The maximum atomic E-state index is 12.9. The van der Waals surface area contributed by atoms with Crippen molar-refractivity contribution in [2.75, 3.05) is 5.73 Å². The summed E-state index contributed by atoms with van der Waals surface area (Å²) in [5.74, 6) is -0.0814. The van der Waals surface area contributed by atoms with Crippen LogP contribution in [-0.2, 0) is 6.61 Å². The molecule has 0 fully saturated rings. The number of nitrogens with two attached hydrogens (primary N) is 1. The summed E-state index contributed by atoms with van der Waals surface area (Å²) in [4.78, 5) is 0. The lowest BCUT2D eigenvalue weighted by Gasteiger charge is -2.08. The molecule has 0 aromatic heterocycles. The minimum atomic E-state index is -0.452. The average molecular weight is 242 g/mol. The normalized spacial score (nSPS) is 9.78. The Balaban J connectivity index is 2.11. The van der Waals surface area contributed by atoms with Crippen molar-refractivity contribution in [1.29, 1.82) is 5.26 Å². The van der Waals surface area contributed by atoms with Crippen LogP contribution in [0.5, 0.6) is 5.75 Å².